The second-order valence-corrected chi connectivity index (χ2v) is 5.85. The van der Waals surface area contributed by atoms with Crippen molar-refractivity contribution in [3.05, 3.63) is 42.2 Å². The molecule has 21 heavy (non-hydrogen) atoms. The van der Waals surface area contributed by atoms with E-state index in [4.69, 9.17) is 5.84 Å². The van der Waals surface area contributed by atoms with Crippen molar-refractivity contribution in [2.75, 3.05) is 11.6 Å². The highest BCUT2D eigenvalue weighted by Crippen LogP contribution is 2.16. The van der Waals surface area contributed by atoms with E-state index in [2.05, 4.69) is 10.2 Å². The summed E-state index contributed by atoms with van der Waals surface area (Å²) in [6, 6.07) is 10.1. The van der Waals surface area contributed by atoms with Crippen LogP contribution in [-0.4, -0.2) is 37.5 Å². The van der Waals surface area contributed by atoms with E-state index in [1.54, 1.807) is 0 Å². The molecule has 0 spiro atoms. The summed E-state index contributed by atoms with van der Waals surface area (Å²) in [4.78, 5) is 14.2. The van der Waals surface area contributed by atoms with E-state index in [-0.39, 0.29) is 11.9 Å². The summed E-state index contributed by atoms with van der Waals surface area (Å²) in [5, 5.41) is 8.08. The van der Waals surface area contributed by atoms with E-state index in [1.807, 2.05) is 49.1 Å². The summed E-state index contributed by atoms with van der Waals surface area (Å²) in [5.41, 5.74) is 1.12. The molecule has 0 saturated heterocycles. The Labute approximate surface area is 128 Å². The summed E-state index contributed by atoms with van der Waals surface area (Å²) in [7, 11) is 0. The highest BCUT2D eigenvalue weighted by molar-refractivity contribution is 7.99. The maximum absolute atomic E-state index is 12.4. The van der Waals surface area contributed by atoms with Crippen molar-refractivity contribution in [1.29, 1.82) is 0 Å². The first-order chi connectivity index (χ1) is 10.1. The van der Waals surface area contributed by atoms with Crippen LogP contribution < -0.4 is 5.84 Å². The number of hydrogen-bond donors (Lipinski definition) is 1. The molecule has 1 aromatic carbocycles. The van der Waals surface area contributed by atoms with Gasteiger partial charge in [-0.25, -0.2) is 4.68 Å². The molecule has 1 heterocycles. The van der Waals surface area contributed by atoms with Crippen LogP contribution in [-0.2, 0) is 11.3 Å². The lowest BCUT2D eigenvalue weighted by molar-refractivity contribution is -0.130. The van der Waals surface area contributed by atoms with Crippen molar-refractivity contribution in [3.63, 3.8) is 0 Å². The second-order valence-electron chi connectivity index (χ2n) is 4.91. The zero-order chi connectivity index (χ0) is 15.2. The maximum atomic E-state index is 12.4. The van der Waals surface area contributed by atoms with E-state index >= 15 is 0 Å². The van der Waals surface area contributed by atoms with Gasteiger partial charge in [-0.1, -0.05) is 42.1 Å². The molecule has 0 unspecified atom stereocenters. The Bertz CT molecular complexity index is 584. The molecule has 2 rings (SSSR count). The van der Waals surface area contributed by atoms with Crippen LogP contribution in [0.15, 0.2) is 41.8 Å². The Morgan fingerprint density at radius 1 is 1.38 bits per heavy atom. The lowest BCUT2D eigenvalue weighted by atomic mass is 10.2. The third kappa shape index (κ3) is 4.22. The molecule has 1 amide bonds. The lowest BCUT2D eigenvalue weighted by Gasteiger charge is -2.26. The van der Waals surface area contributed by atoms with Crippen LogP contribution in [0, 0.1) is 0 Å². The average Bonchev–Trinajstić information content (AvgIpc) is 2.88. The van der Waals surface area contributed by atoms with Crippen LogP contribution in [0.5, 0.6) is 0 Å². The summed E-state index contributed by atoms with van der Waals surface area (Å²) in [5.74, 6) is 5.98. The van der Waals surface area contributed by atoms with Gasteiger partial charge in [0, 0.05) is 12.6 Å². The zero-order valence-corrected chi connectivity index (χ0v) is 13.0. The van der Waals surface area contributed by atoms with Crippen molar-refractivity contribution in [2.24, 2.45) is 0 Å². The van der Waals surface area contributed by atoms with Gasteiger partial charge in [-0.05, 0) is 19.4 Å². The number of amides is 1. The number of nitrogen functional groups attached to an aromatic ring is 1. The van der Waals surface area contributed by atoms with Gasteiger partial charge in [0.15, 0.2) is 0 Å². The predicted octanol–water partition coefficient (Wildman–Crippen LogP) is 1.52. The third-order valence-corrected chi connectivity index (χ3v) is 3.95. The quantitative estimate of drug-likeness (QED) is 0.647. The fourth-order valence-electron chi connectivity index (χ4n) is 1.88. The van der Waals surface area contributed by atoms with Crippen molar-refractivity contribution in [1.82, 2.24) is 19.8 Å². The van der Waals surface area contributed by atoms with Crippen molar-refractivity contribution in [3.8, 4) is 0 Å². The molecule has 0 aliphatic carbocycles. The molecule has 0 radical (unpaired) electrons. The highest BCUT2D eigenvalue weighted by atomic mass is 32.2. The monoisotopic (exact) mass is 305 g/mol. The standard InChI is InChI=1S/C14H19N5OS/c1-11(2)18(8-12-6-4-3-5-7-12)13(20)9-21-14-17-16-10-19(14)15/h3-7,10-11H,8-9,15H2,1-2H3. The second kappa shape index (κ2) is 7.12. The van der Waals surface area contributed by atoms with Gasteiger partial charge in [-0.15, -0.1) is 10.2 Å². The molecular weight excluding hydrogens is 286 g/mol. The highest BCUT2D eigenvalue weighted by Gasteiger charge is 2.18. The SMILES string of the molecule is CC(C)N(Cc1ccccc1)C(=O)CSc1nncn1N. The number of benzene rings is 1. The van der Waals surface area contributed by atoms with Gasteiger partial charge < -0.3 is 10.7 Å². The first-order valence-electron chi connectivity index (χ1n) is 6.69. The minimum absolute atomic E-state index is 0.0573. The number of rotatable bonds is 6. The molecule has 1 aromatic heterocycles. The molecule has 0 fully saturated rings. The van der Waals surface area contributed by atoms with Crippen LogP contribution in [0.2, 0.25) is 0 Å². The Balaban J connectivity index is 1.97. The van der Waals surface area contributed by atoms with E-state index < -0.39 is 0 Å². The average molecular weight is 305 g/mol. The molecule has 112 valence electrons. The van der Waals surface area contributed by atoms with Crippen LogP contribution >= 0.6 is 11.8 Å². The van der Waals surface area contributed by atoms with Gasteiger partial charge in [-0.2, -0.15) is 0 Å². The number of nitrogens with two attached hydrogens (primary N) is 1. The summed E-state index contributed by atoms with van der Waals surface area (Å²) >= 11 is 1.29. The zero-order valence-electron chi connectivity index (χ0n) is 12.1. The van der Waals surface area contributed by atoms with Gasteiger partial charge in [0.1, 0.15) is 6.33 Å². The number of nitrogens with zero attached hydrogens (tertiary/aromatic N) is 4. The van der Waals surface area contributed by atoms with Crippen molar-refractivity contribution >= 4 is 17.7 Å². The van der Waals surface area contributed by atoms with Crippen LogP contribution in [0.3, 0.4) is 0 Å². The number of carbonyl (C=O) groups excluding carboxylic acids is 1. The molecule has 0 saturated carbocycles. The van der Waals surface area contributed by atoms with Crippen molar-refractivity contribution in [2.45, 2.75) is 31.6 Å². The lowest BCUT2D eigenvalue weighted by Crippen LogP contribution is -2.37. The maximum Gasteiger partial charge on any atom is 0.233 e. The Kier molecular flexibility index (Phi) is 5.21. The Morgan fingerprint density at radius 2 is 2.10 bits per heavy atom. The van der Waals surface area contributed by atoms with Crippen LogP contribution in [0.1, 0.15) is 19.4 Å². The van der Waals surface area contributed by atoms with E-state index in [0.717, 1.165) is 5.56 Å². The fraction of sp³-hybridized carbons (Fsp3) is 0.357. The molecule has 7 heteroatoms. The fourth-order valence-corrected chi connectivity index (χ4v) is 2.60. The molecule has 2 N–H and O–H groups in total. The van der Waals surface area contributed by atoms with Gasteiger partial charge in [0.25, 0.3) is 0 Å². The largest absolute Gasteiger partial charge is 0.336 e. The van der Waals surface area contributed by atoms with Crippen molar-refractivity contribution < 1.29 is 4.79 Å². The molecule has 0 atom stereocenters. The van der Waals surface area contributed by atoms with E-state index in [1.165, 1.54) is 22.8 Å². The van der Waals surface area contributed by atoms with E-state index in [0.29, 0.717) is 17.5 Å². The summed E-state index contributed by atoms with van der Waals surface area (Å²) < 4.78 is 1.31. The first-order valence-corrected chi connectivity index (χ1v) is 7.67. The topological polar surface area (TPSA) is 77.0 Å². The van der Waals surface area contributed by atoms with Gasteiger partial charge in [-0.3, -0.25) is 4.79 Å². The first kappa shape index (κ1) is 15.4. The molecule has 2 aromatic rings. The molecule has 0 bridgehead atoms. The molecular formula is C14H19N5OS. The summed E-state index contributed by atoms with van der Waals surface area (Å²) in [6.45, 7) is 4.63. The predicted molar refractivity (Wildman–Crippen MR) is 83.0 cm³/mol. The third-order valence-electron chi connectivity index (χ3n) is 3.00. The molecule has 6 nitrogen and oxygen atoms in total. The van der Waals surface area contributed by atoms with Crippen LogP contribution in [0.4, 0.5) is 0 Å². The Morgan fingerprint density at radius 3 is 2.67 bits per heavy atom. The Hall–Kier alpha value is -2.02. The number of hydrogen-bond acceptors (Lipinski definition) is 5. The normalized spacial score (nSPS) is 10.8. The summed E-state index contributed by atoms with van der Waals surface area (Å²) in [6.07, 6.45) is 1.41. The molecule has 0 aliphatic rings. The van der Waals surface area contributed by atoms with E-state index in [9.17, 15) is 4.79 Å². The van der Waals surface area contributed by atoms with Gasteiger partial charge in [0.05, 0.1) is 5.75 Å². The van der Waals surface area contributed by atoms with Crippen LogP contribution in [0.25, 0.3) is 0 Å². The van der Waals surface area contributed by atoms with Gasteiger partial charge >= 0.3 is 0 Å². The number of carbonyl (C=O) groups is 1. The van der Waals surface area contributed by atoms with Gasteiger partial charge in [0.2, 0.25) is 11.1 Å². The minimum atomic E-state index is 0.0573. The number of thioether (sulfide) groups is 1. The minimum Gasteiger partial charge on any atom is -0.336 e. The molecule has 0 aliphatic heterocycles. The smallest absolute Gasteiger partial charge is 0.233 e. The number of aromatic nitrogens is 3.